The minimum Gasteiger partial charge on any atom is -0.298 e. The molecule has 2 atom stereocenters. The van der Waals surface area contributed by atoms with Crippen LogP contribution in [0.2, 0.25) is 0 Å². The molecular formula is C11H11ClO. The Morgan fingerprint density at radius 3 is 2.00 bits per heavy atom. The van der Waals surface area contributed by atoms with Gasteiger partial charge in [-0.15, -0.1) is 11.6 Å². The predicted molar refractivity (Wildman–Crippen MR) is 53.7 cm³/mol. The van der Waals surface area contributed by atoms with Crippen molar-refractivity contribution in [3.8, 4) is 0 Å². The summed E-state index contributed by atoms with van der Waals surface area (Å²) in [5, 5.41) is 0. The highest BCUT2D eigenvalue weighted by Crippen LogP contribution is 2.44. The normalized spacial score (nSPS) is 40.8. The summed E-state index contributed by atoms with van der Waals surface area (Å²) in [5.74, 6) is 0.142. The molecule has 0 N–H and O–H groups in total. The zero-order valence-electron chi connectivity index (χ0n) is 7.41. The zero-order chi connectivity index (χ0) is 9.47. The second-order valence-corrected chi connectivity index (χ2v) is 4.16. The molecule has 0 fully saturated rings. The Hall–Kier alpha value is -0.820. The zero-order valence-corrected chi connectivity index (χ0v) is 8.16. The molecule has 1 nitrogen and oxygen atoms in total. The molecule has 0 spiro atoms. The molecule has 0 aliphatic heterocycles. The van der Waals surface area contributed by atoms with E-state index in [2.05, 4.69) is 0 Å². The van der Waals surface area contributed by atoms with Crippen LogP contribution in [0.3, 0.4) is 0 Å². The molecule has 13 heavy (non-hydrogen) atoms. The van der Waals surface area contributed by atoms with Crippen LogP contribution in [0.15, 0.2) is 36.5 Å². The summed E-state index contributed by atoms with van der Waals surface area (Å²) < 4.78 is 0. The van der Waals surface area contributed by atoms with E-state index in [4.69, 9.17) is 11.6 Å². The molecule has 2 rings (SSSR count). The van der Waals surface area contributed by atoms with Gasteiger partial charge >= 0.3 is 0 Å². The van der Waals surface area contributed by atoms with Gasteiger partial charge in [0.2, 0.25) is 0 Å². The molecule has 0 saturated carbocycles. The van der Waals surface area contributed by atoms with Gasteiger partial charge in [-0.05, 0) is 6.92 Å². The van der Waals surface area contributed by atoms with Crippen molar-refractivity contribution < 1.29 is 4.79 Å². The number of halogens is 1. The van der Waals surface area contributed by atoms with Gasteiger partial charge < -0.3 is 0 Å². The van der Waals surface area contributed by atoms with Crippen LogP contribution >= 0.6 is 11.6 Å². The molecule has 2 aliphatic rings. The first-order chi connectivity index (χ1) is 6.15. The second kappa shape index (κ2) is 2.85. The minimum absolute atomic E-state index is 0.0466. The average molecular weight is 195 g/mol. The molecule has 0 radical (unpaired) electrons. The van der Waals surface area contributed by atoms with Crippen LogP contribution in [-0.4, -0.2) is 10.7 Å². The average Bonchev–Trinajstić information content (AvgIpc) is 2.22. The lowest BCUT2D eigenvalue weighted by Gasteiger charge is -2.28. The summed E-state index contributed by atoms with van der Waals surface area (Å²) in [5.41, 5.74) is 0. The Balaban J connectivity index is 2.48. The van der Waals surface area contributed by atoms with E-state index in [1.807, 2.05) is 36.5 Å². The summed E-state index contributed by atoms with van der Waals surface area (Å²) in [6.07, 6.45) is 11.9. The maximum Gasteiger partial charge on any atom is 0.152 e. The minimum atomic E-state index is -0.760. The molecule has 0 aromatic rings. The Morgan fingerprint density at radius 1 is 1.15 bits per heavy atom. The van der Waals surface area contributed by atoms with Crippen LogP contribution in [0.1, 0.15) is 6.92 Å². The van der Waals surface area contributed by atoms with E-state index < -0.39 is 4.87 Å². The first-order valence-corrected chi connectivity index (χ1v) is 4.77. The van der Waals surface area contributed by atoms with Gasteiger partial charge in [-0.1, -0.05) is 36.5 Å². The van der Waals surface area contributed by atoms with E-state index in [0.717, 1.165) is 0 Å². The summed E-state index contributed by atoms with van der Waals surface area (Å²) >= 11 is 6.36. The first-order valence-electron chi connectivity index (χ1n) is 4.39. The van der Waals surface area contributed by atoms with Gasteiger partial charge in [-0.2, -0.15) is 0 Å². The number of hydrogen-bond acceptors (Lipinski definition) is 1. The summed E-state index contributed by atoms with van der Waals surface area (Å²) in [6.45, 7) is 1.56. The van der Waals surface area contributed by atoms with Gasteiger partial charge in [0.1, 0.15) is 4.87 Å². The number of fused-ring (bicyclic) bond motifs is 2. The van der Waals surface area contributed by atoms with Gasteiger partial charge in [0.15, 0.2) is 5.78 Å². The van der Waals surface area contributed by atoms with E-state index in [-0.39, 0.29) is 17.6 Å². The van der Waals surface area contributed by atoms with Gasteiger partial charge in [0.25, 0.3) is 0 Å². The highest BCUT2D eigenvalue weighted by Gasteiger charge is 2.47. The molecule has 0 saturated heterocycles. The van der Waals surface area contributed by atoms with E-state index >= 15 is 0 Å². The largest absolute Gasteiger partial charge is 0.298 e. The number of alkyl halides is 1. The summed E-state index contributed by atoms with van der Waals surface area (Å²) in [4.78, 5) is 10.7. The van der Waals surface area contributed by atoms with Crippen molar-refractivity contribution in [1.82, 2.24) is 0 Å². The van der Waals surface area contributed by atoms with Crippen molar-refractivity contribution in [1.29, 1.82) is 0 Å². The molecule has 0 amide bonds. The fourth-order valence-electron chi connectivity index (χ4n) is 1.99. The lowest BCUT2D eigenvalue weighted by Crippen LogP contribution is -2.39. The summed E-state index contributed by atoms with van der Waals surface area (Å²) in [7, 11) is 0. The Bertz CT molecular complexity index is 303. The van der Waals surface area contributed by atoms with Crippen molar-refractivity contribution in [3.05, 3.63) is 36.5 Å². The third-order valence-corrected chi connectivity index (χ3v) is 3.55. The number of carbonyl (C=O) groups is 1. The fraction of sp³-hybridized carbons (Fsp3) is 0.364. The number of hydrogen-bond donors (Lipinski definition) is 0. The van der Waals surface area contributed by atoms with Gasteiger partial charge in [0.05, 0.1) is 0 Å². The highest BCUT2D eigenvalue weighted by molar-refractivity contribution is 6.36. The number of ketones is 1. The molecule has 0 aromatic carbocycles. The van der Waals surface area contributed by atoms with E-state index in [1.54, 1.807) is 6.92 Å². The molecule has 2 unspecified atom stereocenters. The molecule has 68 valence electrons. The number of carbonyl (C=O) groups excluding carboxylic acids is 1. The molecule has 2 aliphatic carbocycles. The number of rotatable bonds is 1. The van der Waals surface area contributed by atoms with Gasteiger partial charge in [0, 0.05) is 11.8 Å². The van der Waals surface area contributed by atoms with Crippen LogP contribution in [0.4, 0.5) is 0 Å². The maximum absolute atomic E-state index is 11.5. The predicted octanol–water partition coefficient (Wildman–Crippen LogP) is 2.48. The van der Waals surface area contributed by atoms with E-state index in [1.165, 1.54) is 0 Å². The Labute approximate surface area is 82.8 Å². The molecule has 0 aromatic heterocycles. The van der Waals surface area contributed by atoms with Crippen LogP contribution in [0.5, 0.6) is 0 Å². The molecule has 2 heteroatoms. The number of allylic oxidation sites excluding steroid dienone is 6. The first kappa shape index (κ1) is 8.76. The van der Waals surface area contributed by atoms with Gasteiger partial charge in [-0.25, -0.2) is 0 Å². The Morgan fingerprint density at radius 2 is 1.62 bits per heavy atom. The monoisotopic (exact) mass is 194 g/mol. The van der Waals surface area contributed by atoms with Crippen LogP contribution in [0, 0.1) is 11.8 Å². The third kappa shape index (κ3) is 1.11. The lowest BCUT2D eigenvalue weighted by molar-refractivity contribution is -0.120. The quantitative estimate of drug-likeness (QED) is 0.463. The summed E-state index contributed by atoms with van der Waals surface area (Å²) in [6, 6.07) is 0. The van der Waals surface area contributed by atoms with Crippen molar-refractivity contribution in [2.24, 2.45) is 11.8 Å². The van der Waals surface area contributed by atoms with E-state index in [9.17, 15) is 4.79 Å². The van der Waals surface area contributed by atoms with Crippen molar-refractivity contribution in [2.45, 2.75) is 11.8 Å². The highest BCUT2D eigenvalue weighted by atomic mass is 35.5. The smallest absolute Gasteiger partial charge is 0.152 e. The molecule has 2 bridgehead atoms. The van der Waals surface area contributed by atoms with Crippen LogP contribution in [0.25, 0.3) is 0 Å². The fourth-order valence-corrected chi connectivity index (χ4v) is 2.28. The molecular weight excluding hydrogens is 184 g/mol. The topological polar surface area (TPSA) is 17.1 Å². The van der Waals surface area contributed by atoms with Crippen molar-refractivity contribution in [2.75, 3.05) is 0 Å². The standard InChI is InChI=1S/C11H11ClO/c1-8(13)11(12)9-4-2-3-5-10(11)7-6-9/h2-7,9-10H,1H3. The van der Waals surface area contributed by atoms with Crippen molar-refractivity contribution >= 4 is 17.4 Å². The molecule has 0 heterocycles. The SMILES string of the molecule is CC(=O)C1(Cl)C2C=CC=CC1C=C2. The second-order valence-electron chi connectivity index (χ2n) is 3.53. The Kier molecular flexibility index (Phi) is 1.92. The lowest BCUT2D eigenvalue weighted by atomic mass is 9.84. The van der Waals surface area contributed by atoms with Gasteiger partial charge in [-0.3, -0.25) is 4.79 Å². The van der Waals surface area contributed by atoms with Crippen LogP contribution < -0.4 is 0 Å². The maximum atomic E-state index is 11.5. The van der Waals surface area contributed by atoms with E-state index in [0.29, 0.717) is 0 Å². The van der Waals surface area contributed by atoms with Crippen LogP contribution in [-0.2, 0) is 4.79 Å². The number of Topliss-reactive ketones (excluding diaryl/α,β-unsaturated/α-hetero) is 1. The third-order valence-electron chi connectivity index (χ3n) is 2.78. The van der Waals surface area contributed by atoms with Crippen molar-refractivity contribution in [3.63, 3.8) is 0 Å².